The number of likely N-dealkylation sites (N-methyl/N-ethyl adjacent to an activating group) is 1. The van der Waals surface area contributed by atoms with Gasteiger partial charge in [0.1, 0.15) is 11.8 Å². The molecule has 0 saturated carbocycles. The van der Waals surface area contributed by atoms with E-state index >= 15 is 0 Å². The van der Waals surface area contributed by atoms with Crippen molar-refractivity contribution in [1.29, 1.82) is 0 Å². The van der Waals surface area contributed by atoms with Crippen molar-refractivity contribution in [2.75, 3.05) is 14.2 Å². The second kappa shape index (κ2) is 10.3. The summed E-state index contributed by atoms with van der Waals surface area (Å²) in [6.45, 7) is 8.66. The van der Waals surface area contributed by atoms with Crippen molar-refractivity contribution in [2.24, 2.45) is 0 Å². The number of nitrogens with one attached hydrogen (secondary N) is 1. The van der Waals surface area contributed by atoms with Gasteiger partial charge in [0, 0.05) is 20.0 Å². The minimum Gasteiger partial charge on any atom is -0.497 e. The summed E-state index contributed by atoms with van der Waals surface area (Å²) in [6.07, 6.45) is 0.985. The number of benzene rings is 2. The molecular formula is C25H34N2O3. The molecule has 0 saturated heterocycles. The van der Waals surface area contributed by atoms with E-state index in [1.165, 1.54) is 5.56 Å². The van der Waals surface area contributed by atoms with Gasteiger partial charge >= 0.3 is 0 Å². The molecule has 5 nitrogen and oxygen atoms in total. The van der Waals surface area contributed by atoms with Crippen LogP contribution in [0.15, 0.2) is 48.5 Å². The zero-order chi connectivity index (χ0) is 22.3. The summed E-state index contributed by atoms with van der Waals surface area (Å²) in [5, 5.41) is 2.65. The van der Waals surface area contributed by atoms with Crippen molar-refractivity contribution in [3.05, 3.63) is 65.2 Å². The van der Waals surface area contributed by atoms with Crippen LogP contribution in [0.1, 0.15) is 50.8 Å². The maximum absolute atomic E-state index is 13.1. The lowest BCUT2D eigenvalue weighted by molar-refractivity contribution is -0.140. The molecule has 0 aliphatic heterocycles. The average molecular weight is 411 g/mol. The lowest BCUT2D eigenvalue weighted by Gasteiger charge is -2.28. The van der Waals surface area contributed by atoms with Gasteiger partial charge in [-0.25, -0.2) is 0 Å². The number of nitrogens with zero attached hydrogens (tertiary/aromatic N) is 1. The normalized spacial score (nSPS) is 12.2. The Balaban J connectivity index is 2.12. The van der Waals surface area contributed by atoms with E-state index < -0.39 is 6.04 Å². The molecule has 1 N–H and O–H groups in total. The maximum atomic E-state index is 13.1. The highest BCUT2D eigenvalue weighted by Crippen LogP contribution is 2.23. The summed E-state index contributed by atoms with van der Waals surface area (Å²) in [5.41, 5.74) is 3.41. The predicted molar refractivity (Wildman–Crippen MR) is 121 cm³/mol. The van der Waals surface area contributed by atoms with E-state index in [0.717, 1.165) is 16.9 Å². The number of methoxy groups -OCH3 is 1. The third-order valence-corrected chi connectivity index (χ3v) is 5.35. The molecule has 5 heteroatoms. The van der Waals surface area contributed by atoms with Crippen LogP contribution < -0.4 is 10.1 Å². The van der Waals surface area contributed by atoms with E-state index in [9.17, 15) is 9.59 Å². The second-order valence-electron chi connectivity index (χ2n) is 8.61. The Morgan fingerprint density at radius 2 is 1.73 bits per heavy atom. The van der Waals surface area contributed by atoms with Crippen molar-refractivity contribution in [1.82, 2.24) is 10.2 Å². The van der Waals surface area contributed by atoms with E-state index in [4.69, 9.17) is 4.74 Å². The highest BCUT2D eigenvalue weighted by Gasteiger charge is 2.25. The maximum Gasteiger partial charge on any atom is 0.242 e. The van der Waals surface area contributed by atoms with Crippen LogP contribution in [0.4, 0.5) is 0 Å². The molecule has 2 amide bonds. The van der Waals surface area contributed by atoms with Crippen LogP contribution in [0.3, 0.4) is 0 Å². The summed E-state index contributed by atoms with van der Waals surface area (Å²) in [6, 6.07) is 15.4. The summed E-state index contributed by atoms with van der Waals surface area (Å²) in [7, 11) is 3.20. The average Bonchev–Trinajstić information content (AvgIpc) is 2.74. The highest BCUT2D eigenvalue weighted by molar-refractivity contribution is 5.87. The highest BCUT2D eigenvalue weighted by atomic mass is 16.5. The summed E-state index contributed by atoms with van der Waals surface area (Å²) >= 11 is 0. The van der Waals surface area contributed by atoms with Gasteiger partial charge in [0.15, 0.2) is 0 Å². The van der Waals surface area contributed by atoms with Crippen molar-refractivity contribution < 1.29 is 14.3 Å². The van der Waals surface area contributed by atoms with Crippen molar-refractivity contribution >= 4 is 11.8 Å². The molecule has 0 spiro atoms. The Labute approximate surface area is 180 Å². The molecule has 1 atom stereocenters. The molecule has 2 aromatic carbocycles. The largest absolute Gasteiger partial charge is 0.497 e. The molecule has 2 rings (SSSR count). The first-order chi connectivity index (χ1) is 14.2. The quantitative estimate of drug-likeness (QED) is 0.713. The summed E-state index contributed by atoms with van der Waals surface area (Å²) in [4.78, 5) is 27.0. The first kappa shape index (κ1) is 23.5. The summed E-state index contributed by atoms with van der Waals surface area (Å²) in [5.74, 6) is 0.501. The van der Waals surface area contributed by atoms with Gasteiger partial charge in [-0.05, 0) is 47.6 Å². The number of hydrogen-bond acceptors (Lipinski definition) is 3. The van der Waals surface area contributed by atoms with Crippen molar-refractivity contribution in [3.63, 3.8) is 0 Å². The topological polar surface area (TPSA) is 58.6 Å². The Kier molecular flexibility index (Phi) is 8.04. The van der Waals surface area contributed by atoms with Gasteiger partial charge in [0.2, 0.25) is 11.8 Å². The molecule has 0 heterocycles. The van der Waals surface area contributed by atoms with Gasteiger partial charge in [0.05, 0.1) is 7.11 Å². The minimum absolute atomic E-state index is 0.0474. The molecule has 0 aliphatic rings. The van der Waals surface area contributed by atoms with Gasteiger partial charge in [-0.15, -0.1) is 0 Å². The van der Waals surface area contributed by atoms with Gasteiger partial charge in [-0.2, -0.15) is 0 Å². The molecular weight excluding hydrogens is 376 g/mol. The molecule has 0 bridgehead atoms. The van der Waals surface area contributed by atoms with Crippen LogP contribution in [-0.4, -0.2) is 36.9 Å². The van der Waals surface area contributed by atoms with E-state index in [1.807, 2.05) is 24.3 Å². The molecule has 2 aromatic rings. The fourth-order valence-corrected chi connectivity index (χ4v) is 3.33. The number of aryl methyl sites for hydroxylation is 1. The van der Waals surface area contributed by atoms with E-state index in [2.05, 4.69) is 50.4 Å². The van der Waals surface area contributed by atoms with E-state index in [0.29, 0.717) is 19.4 Å². The van der Waals surface area contributed by atoms with Gasteiger partial charge in [-0.3, -0.25) is 9.59 Å². The smallest absolute Gasteiger partial charge is 0.242 e. The predicted octanol–water partition coefficient (Wildman–Crippen LogP) is 4.09. The Morgan fingerprint density at radius 1 is 1.07 bits per heavy atom. The Hall–Kier alpha value is -2.82. The molecule has 30 heavy (non-hydrogen) atoms. The first-order valence-corrected chi connectivity index (χ1v) is 10.4. The fraction of sp³-hybridized carbons (Fsp3) is 0.440. The molecule has 162 valence electrons. The monoisotopic (exact) mass is 410 g/mol. The Bertz CT molecular complexity index is 853. The van der Waals surface area contributed by atoms with E-state index in [-0.39, 0.29) is 17.2 Å². The van der Waals surface area contributed by atoms with Crippen LogP contribution in [-0.2, 0) is 28.0 Å². The molecule has 0 aliphatic carbocycles. The zero-order valence-electron chi connectivity index (χ0n) is 19.0. The fourth-order valence-electron chi connectivity index (χ4n) is 3.33. The number of carbonyl (C=O) groups excluding carboxylic acids is 2. The van der Waals surface area contributed by atoms with Crippen molar-refractivity contribution in [3.8, 4) is 5.75 Å². The SMILES string of the molecule is CNC(=O)[C@@H](C)N(Cc1cccc(OC)c1)C(=O)CCc1ccc(C(C)(C)C)cc1. The molecule has 0 aromatic heterocycles. The number of carbonyl (C=O) groups is 2. The number of rotatable bonds is 8. The number of hydrogen-bond donors (Lipinski definition) is 1. The second-order valence-corrected chi connectivity index (χ2v) is 8.61. The van der Waals surface area contributed by atoms with Crippen LogP contribution in [0.2, 0.25) is 0 Å². The van der Waals surface area contributed by atoms with E-state index in [1.54, 1.807) is 26.0 Å². The van der Waals surface area contributed by atoms with Crippen LogP contribution in [0.25, 0.3) is 0 Å². The number of ether oxygens (including phenoxy) is 1. The zero-order valence-corrected chi connectivity index (χ0v) is 19.0. The number of amides is 2. The first-order valence-electron chi connectivity index (χ1n) is 10.4. The third kappa shape index (κ3) is 6.34. The van der Waals surface area contributed by atoms with Gasteiger partial charge < -0.3 is 15.0 Å². The standard InChI is InChI=1S/C25H34N2O3/c1-18(24(29)26-5)27(17-20-8-7-9-22(16-20)30-6)23(28)15-12-19-10-13-21(14-11-19)25(2,3)4/h7-11,13-14,16,18H,12,15,17H2,1-6H3,(H,26,29)/t18-/m1/s1. The lowest BCUT2D eigenvalue weighted by Crippen LogP contribution is -2.46. The molecule has 0 radical (unpaired) electrons. The van der Waals surface area contributed by atoms with Crippen molar-refractivity contribution in [2.45, 2.75) is 58.5 Å². The molecule has 0 unspecified atom stereocenters. The van der Waals surface area contributed by atoms with Crippen LogP contribution >= 0.6 is 0 Å². The molecule has 0 fully saturated rings. The Morgan fingerprint density at radius 3 is 2.30 bits per heavy atom. The van der Waals surface area contributed by atoms with Gasteiger partial charge in [0.25, 0.3) is 0 Å². The van der Waals surface area contributed by atoms with Crippen LogP contribution in [0, 0.1) is 0 Å². The lowest BCUT2D eigenvalue weighted by atomic mass is 9.86. The third-order valence-electron chi connectivity index (χ3n) is 5.35. The van der Waals surface area contributed by atoms with Crippen LogP contribution in [0.5, 0.6) is 5.75 Å². The van der Waals surface area contributed by atoms with Gasteiger partial charge in [-0.1, -0.05) is 57.2 Å². The minimum atomic E-state index is -0.558. The summed E-state index contributed by atoms with van der Waals surface area (Å²) < 4.78 is 5.28.